The van der Waals surface area contributed by atoms with E-state index >= 15 is 0 Å². The molecule has 0 fully saturated rings. The summed E-state index contributed by atoms with van der Waals surface area (Å²) < 4.78 is 10.5. The zero-order valence-electron chi connectivity index (χ0n) is 11.7. The Hall–Kier alpha value is -2.79. The average molecular weight is 297 g/mol. The molecule has 0 aliphatic rings. The maximum atomic E-state index is 12.4. The van der Waals surface area contributed by atoms with Crippen molar-refractivity contribution in [2.75, 3.05) is 6.61 Å². The normalized spacial score (nSPS) is 12.0. The van der Waals surface area contributed by atoms with E-state index in [1.807, 2.05) is 30.3 Å². The van der Waals surface area contributed by atoms with Gasteiger partial charge in [0.25, 0.3) is 5.91 Å². The second-order valence-electron chi connectivity index (χ2n) is 4.75. The van der Waals surface area contributed by atoms with Crippen LogP contribution >= 0.6 is 0 Å². The molecule has 0 bridgehead atoms. The van der Waals surface area contributed by atoms with Crippen LogP contribution in [-0.4, -0.2) is 17.6 Å². The summed E-state index contributed by atoms with van der Waals surface area (Å²) in [4.78, 5) is 12.4. The third-order valence-corrected chi connectivity index (χ3v) is 3.33. The molecule has 1 atom stereocenters. The lowest BCUT2D eigenvalue weighted by Crippen LogP contribution is -2.30. The molecule has 1 unspecified atom stereocenters. The minimum absolute atomic E-state index is 0.205. The molecule has 3 rings (SSSR count). The van der Waals surface area contributed by atoms with Crippen LogP contribution in [0.2, 0.25) is 0 Å². The Labute approximate surface area is 127 Å². The molecule has 2 N–H and O–H groups in total. The van der Waals surface area contributed by atoms with Crippen LogP contribution in [0.5, 0.6) is 0 Å². The number of aliphatic hydroxyl groups is 1. The van der Waals surface area contributed by atoms with Crippen molar-refractivity contribution in [1.29, 1.82) is 0 Å². The molecule has 3 aromatic rings. The predicted molar refractivity (Wildman–Crippen MR) is 80.1 cm³/mol. The highest BCUT2D eigenvalue weighted by molar-refractivity contribution is 5.98. The third kappa shape index (κ3) is 2.80. The number of amides is 1. The smallest absolute Gasteiger partial charge is 0.288 e. The Bertz CT molecular complexity index is 731. The van der Waals surface area contributed by atoms with Gasteiger partial charge in [-0.2, -0.15) is 0 Å². The molecular formula is C17H15NO4. The zero-order chi connectivity index (χ0) is 15.4. The summed E-state index contributed by atoms with van der Waals surface area (Å²) in [7, 11) is 0. The summed E-state index contributed by atoms with van der Waals surface area (Å²) in [6, 6.07) is 14.0. The van der Waals surface area contributed by atoms with Gasteiger partial charge in [-0.05, 0) is 23.8 Å². The maximum Gasteiger partial charge on any atom is 0.288 e. The van der Waals surface area contributed by atoms with Crippen molar-refractivity contribution in [3.05, 3.63) is 72.6 Å². The van der Waals surface area contributed by atoms with Gasteiger partial charge in [-0.25, -0.2) is 0 Å². The number of nitrogens with one attached hydrogen (secondary N) is 1. The molecule has 2 aromatic heterocycles. The SMILES string of the molecule is O=C(NC(CO)c1ccco1)c1occc1-c1ccccc1. The first-order chi connectivity index (χ1) is 10.8. The molecular weight excluding hydrogens is 282 g/mol. The molecule has 112 valence electrons. The Balaban J connectivity index is 1.83. The van der Waals surface area contributed by atoms with E-state index in [9.17, 15) is 9.90 Å². The number of rotatable bonds is 5. The van der Waals surface area contributed by atoms with Crippen molar-refractivity contribution < 1.29 is 18.7 Å². The van der Waals surface area contributed by atoms with E-state index in [1.165, 1.54) is 12.5 Å². The fourth-order valence-corrected chi connectivity index (χ4v) is 2.25. The predicted octanol–water partition coefficient (Wildman–Crippen LogP) is 3.00. The standard InChI is InChI=1S/C17H15NO4/c19-11-14(15-7-4-9-21-15)18-17(20)16-13(8-10-22-16)12-5-2-1-3-6-12/h1-10,14,19H,11H2,(H,18,20). The number of benzene rings is 1. The monoisotopic (exact) mass is 297 g/mol. The van der Waals surface area contributed by atoms with Gasteiger partial charge in [0, 0.05) is 5.56 Å². The van der Waals surface area contributed by atoms with E-state index in [0.29, 0.717) is 11.3 Å². The fourth-order valence-electron chi connectivity index (χ4n) is 2.25. The summed E-state index contributed by atoms with van der Waals surface area (Å²) >= 11 is 0. The van der Waals surface area contributed by atoms with Crippen molar-refractivity contribution in [3.8, 4) is 11.1 Å². The largest absolute Gasteiger partial charge is 0.467 e. The zero-order valence-corrected chi connectivity index (χ0v) is 11.7. The number of aliphatic hydroxyl groups excluding tert-OH is 1. The van der Waals surface area contributed by atoms with Crippen LogP contribution in [0.15, 0.2) is 69.9 Å². The highest BCUT2D eigenvalue weighted by atomic mass is 16.3. The molecule has 5 heteroatoms. The molecule has 0 radical (unpaired) electrons. The second kappa shape index (κ2) is 6.32. The quantitative estimate of drug-likeness (QED) is 0.759. The van der Waals surface area contributed by atoms with E-state index in [4.69, 9.17) is 8.83 Å². The van der Waals surface area contributed by atoms with Crippen LogP contribution in [0.3, 0.4) is 0 Å². The van der Waals surface area contributed by atoms with Gasteiger partial charge in [-0.3, -0.25) is 4.79 Å². The molecule has 0 aliphatic carbocycles. The highest BCUT2D eigenvalue weighted by Crippen LogP contribution is 2.25. The molecule has 0 saturated carbocycles. The van der Waals surface area contributed by atoms with Gasteiger partial charge in [0.2, 0.25) is 0 Å². The number of furan rings is 2. The van der Waals surface area contributed by atoms with Crippen LogP contribution in [-0.2, 0) is 0 Å². The van der Waals surface area contributed by atoms with Crippen molar-refractivity contribution in [2.45, 2.75) is 6.04 Å². The topological polar surface area (TPSA) is 75.6 Å². The number of hydrogen-bond donors (Lipinski definition) is 2. The van der Waals surface area contributed by atoms with Crippen LogP contribution in [0.25, 0.3) is 11.1 Å². The molecule has 0 saturated heterocycles. The molecule has 1 amide bonds. The Morgan fingerprint density at radius 2 is 1.86 bits per heavy atom. The first-order valence-electron chi connectivity index (χ1n) is 6.87. The van der Waals surface area contributed by atoms with Gasteiger partial charge in [0.1, 0.15) is 11.8 Å². The minimum Gasteiger partial charge on any atom is -0.467 e. The molecule has 0 spiro atoms. The van der Waals surface area contributed by atoms with Gasteiger partial charge in [-0.1, -0.05) is 30.3 Å². The van der Waals surface area contributed by atoms with E-state index in [-0.39, 0.29) is 12.4 Å². The van der Waals surface area contributed by atoms with Crippen molar-refractivity contribution in [2.24, 2.45) is 0 Å². The van der Waals surface area contributed by atoms with E-state index in [0.717, 1.165) is 5.56 Å². The number of carbonyl (C=O) groups is 1. The summed E-state index contributed by atoms with van der Waals surface area (Å²) in [6.07, 6.45) is 2.96. The molecule has 5 nitrogen and oxygen atoms in total. The summed E-state index contributed by atoms with van der Waals surface area (Å²) in [5, 5.41) is 12.1. The van der Waals surface area contributed by atoms with Crippen LogP contribution in [0, 0.1) is 0 Å². The maximum absolute atomic E-state index is 12.4. The number of hydrogen-bond acceptors (Lipinski definition) is 4. The lowest BCUT2D eigenvalue weighted by Gasteiger charge is -2.13. The molecule has 0 aliphatic heterocycles. The van der Waals surface area contributed by atoms with Gasteiger partial charge < -0.3 is 19.3 Å². The van der Waals surface area contributed by atoms with Gasteiger partial charge >= 0.3 is 0 Å². The summed E-state index contributed by atoms with van der Waals surface area (Å²) in [5.41, 5.74) is 1.59. The van der Waals surface area contributed by atoms with Crippen molar-refractivity contribution in [3.63, 3.8) is 0 Å². The molecule has 2 heterocycles. The molecule has 1 aromatic carbocycles. The van der Waals surface area contributed by atoms with Gasteiger partial charge in [-0.15, -0.1) is 0 Å². The van der Waals surface area contributed by atoms with E-state index in [2.05, 4.69) is 5.32 Å². The van der Waals surface area contributed by atoms with Crippen LogP contribution in [0.4, 0.5) is 0 Å². The summed E-state index contributed by atoms with van der Waals surface area (Å²) in [6.45, 7) is -0.263. The van der Waals surface area contributed by atoms with E-state index < -0.39 is 11.9 Å². The minimum atomic E-state index is -0.615. The van der Waals surface area contributed by atoms with Crippen molar-refractivity contribution >= 4 is 5.91 Å². The Kier molecular flexibility index (Phi) is 4.07. The lowest BCUT2D eigenvalue weighted by molar-refractivity contribution is 0.0880. The number of carbonyl (C=O) groups excluding carboxylic acids is 1. The second-order valence-corrected chi connectivity index (χ2v) is 4.75. The van der Waals surface area contributed by atoms with E-state index in [1.54, 1.807) is 18.2 Å². The average Bonchev–Trinajstić information content (AvgIpc) is 3.24. The Morgan fingerprint density at radius 3 is 2.55 bits per heavy atom. The van der Waals surface area contributed by atoms with Crippen molar-refractivity contribution in [1.82, 2.24) is 5.32 Å². The highest BCUT2D eigenvalue weighted by Gasteiger charge is 2.22. The molecule has 22 heavy (non-hydrogen) atoms. The first-order valence-corrected chi connectivity index (χ1v) is 6.87. The lowest BCUT2D eigenvalue weighted by atomic mass is 10.1. The summed E-state index contributed by atoms with van der Waals surface area (Å²) in [5.74, 6) is 0.291. The van der Waals surface area contributed by atoms with Crippen LogP contribution < -0.4 is 5.32 Å². The first kappa shape index (κ1) is 14.2. The Morgan fingerprint density at radius 1 is 1.05 bits per heavy atom. The van der Waals surface area contributed by atoms with Gasteiger partial charge in [0.05, 0.1) is 19.1 Å². The van der Waals surface area contributed by atoms with Gasteiger partial charge in [0.15, 0.2) is 5.76 Å². The van der Waals surface area contributed by atoms with Crippen LogP contribution in [0.1, 0.15) is 22.4 Å². The third-order valence-electron chi connectivity index (χ3n) is 3.33. The fraction of sp³-hybridized carbons (Fsp3) is 0.118.